The van der Waals surface area contributed by atoms with Crippen molar-refractivity contribution >= 4 is 39.3 Å². The van der Waals surface area contributed by atoms with Crippen LogP contribution < -0.4 is 5.32 Å². The number of phenols is 1. The first-order chi connectivity index (χ1) is 12.0. The summed E-state index contributed by atoms with van der Waals surface area (Å²) in [6.07, 6.45) is 0. The summed E-state index contributed by atoms with van der Waals surface area (Å²) in [7, 11) is 0. The number of phenolic OH excluding ortho intramolecular Hbond substituents is 1. The van der Waals surface area contributed by atoms with E-state index in [-0.39, 0.29) is 23.1 Å². The molecule has 128 valence electrons. The third-order valence-corrected chi connectivity index (χ3v) is 4.49. The van der Waals surface area contributed by atoms with E-state index in [2.05, 4.69) is 36.8 Å². The highest BCUT2D eigenvalue weighted by molar-refractivity contribution is 9.10. The van der Waals surface area contributed by atoms with Crippen LogP contribution >= 0.6 is 27.7 Å². The smallest absolute Gasteiger partial charge is 0.234 e. The molecule has 0 aliphatic rings. The average Bonchev–Trinajstić information content (AvgIpc) is 3.05. The average molecular weight is 424 g/mol. The van der Waals surface area contributed by atoms with E-state index >= 15 is 0 Å². The van der Waals surface area contributed by atoms with Gasteiger partial charge in [-0.1, -0.05) is 27.7 Å². The fourth-order valence-corrected chi connectivity index (χ4v) is 2.96. The van der Waals surface area contributed by atoms with E-state index in [4.69, 9.17) is 0 Å². The van der Waals surface area contributed by atoms with Gasteiger partial charge < -0.3 is 10.4 Å². The van der Waals surface area contributed by atoms with E-state index in [1.165, 1.54) is 28.9 Å². The maximum atomic E-state index is 13.7. The lowest BCUT2D eigenvalue weighted by Gasteiger charge is -2.07. The molecule has 3 aromatic rings. The van der Waals surface area contributed by atoms with Crippen LogP contribution in [0.15, 0.2) is 52.1 Å². The molecule has 0 saturated heterocycles. The quantitative estimate of drug-likeness (QED) is 0.612. The van der Waals surface area contributed by atoms with Gasteiger partial charge in [-0.05, 0) is 52.9 Å². The number of carbonyl (C=O) groups excluding carboxylic acids is 1. The van der Waals surface area contributed by atoms with Crippen molar-refractivity contribution in [3.63, 3.8) is 0 Å². The summed E-state index contributed by atoms with van der Waals surface area (Å²) in [6, 6.07) is 10.7. The molecule has 3 rings (SSSR count). The van der Waals surface area contributed by atoms with Crippen molar-refractivity contribution in [2.75, 3.05) is 11.1 Å². The van der Waals surface area contributed by atoms with Crippen LogP contribution in [0.2, 0.25) is 0 Å². The molecule has 1 aromatic heterocycles. The predicted octanol–water partition coefficient (Wildman–Crippen LogP) is 3.00. The second-order valence-corrected chi connectivity index (χ2v) is 6.71. The Morgan fingerprint density at radius 2 is 2.04 bits per heavy atom. The number of amides is 1. The molecule has 7 nitrogen and oxygen atoms in total. The van der Waals surface area contributed by atoms with Crippen LogP contribution in [-0.2, 0) is 4.79 Å². The van der Waals surface area contributed by atoms with Crippen LogP contribution in [-0.4, -0.2) is 37.0 Å². The Morgan fingerprint density at radius 1 is 1.28 bits per heavy atom. The fraction of sp³-hybridized carbons (Fsp3) is 0.0667. The lowest BCUT2D eigenvalue weighted by Crippen LogP contribution is -2.15. The number of halogens is 2. The van der Waals surface area contributed by atoms with Crippen molar-refractivity contribution in [3.05, 3.63) is 52.8 Å². The molecule has 1 amide bonds. The first kappa shape index (κ1) is 17.4. The number of nitrogens with one attached hydrogen (secondary N) is 1. The van der Waals surface area contributed by atoms with Crippen LogP contribution in [0.25, 0.3) is 5.69 Å². The molecular formula is C15H11BrFN5O2S. The van der Waals surface area contributed by atoms with Gasteiger partial charge in [-0.3, -0.25) is 4.79 Å². The largest absolute Gasteiger partial charge is 0.508 e. The number of anilines is 1. The van der Waals surface area contributed by atoms with Gasteiger partial charge in [0.25, 0.3) is 0 Å². The molecule has 1 heterocycles. The number of hydrogen-bond acceptors (Lipinski definition) is 6. The van der Waals surface area contributed by atoms with E-state index in [1.807, 2.05) is 0 Å². The second kappa shape index (κ2) is 7.62. The molecule has 0 fully saturated rings. The number of aromatic hydroxyl groups is 1. The van der Waals surface area contributed by atoms with Gasteiger partial charge in [0.15, 0.2) is 0 Å². The molecule has 0 aliphatic heterocycles. The lowest BCUT2D eigenvalue weighted by molar-refractivity contribution is -0.113. The number of thioether (sulfide) groups is 1. The van der Waals surface area contributed by atoms with Crippen molar-refractivity contribution in [3.8, 4) is 11.4 Å². The number of aromatic nitrogens is 4. The Morgan fingerprint density at radius 3 is 2.76 bits per heavy atom. The summed E-state index contributed by atoms with van der Waals surface area (Å²) in [5.74, 6) is -0.774. The van der Waals surface area contributed by atoms with Crippen LogP contribution in [0.5, 0.6) is 5.75 Å². The zero-order chi connectivity index (χ0) is 17.8. The van der Waals surface area contributed by atoms with E-state index in [0.29, 0.717) is 15.3 Å². The highest BCUT2D eigenvalue weighted by Crippen LogP contribution is 2.22. The zero-order valence-electron chi connectivity index (χ0n) is 12.6. The van der Waals surface area contributed by atoms with Gasteiger partial charge >= 0.3 is 0 Å². The maximum absolute atomic E-state index is 13.7. The molecule has 0 bridgehead atoms. The van der Waals surface area contributed by atoms with E-state index in [9.17, 15) is 14.3 Å². The summed E-state index contributed by atoms with van der Waals surface area (Å²) >= 11 is 4.27. The highest BCUT2D eigenvalue weighted by atomic mass is 79.9. The van der Waals surface area contributed by atoms with Gasteiger partial charge in [0.05, 0.1) is 17.1 Å². The number of hydrogen-bond donors (Lipinski definition) is 2. The van der Waals surface area contributed by atoms with Gasteiger partial charge in [-0.25, -0.2) is 4.39 Å². The molecule has 0 saturated carbocycles. The third-order valence-electron chi connectivity index (χ3n) is 3.07. The van der Waals surface area contributed by atoms with Gasteiger partial charge in [-0.15, -0.1) is 5.10 Å². The van der Waals surface area contributed by atoms with E-state index in [1.54, 1.807) is 18.2 Å². The molecule has 0 aliphatic carbocycles. The third kappa shape index (κ3) is 4.34. The zero-order valence-corrected chi connectivity index (χ0v) is 15.0. The van der Waals surface area contributed by atoms with Crippen LogP contribution in [0.1, 0.15) is 0 Å². The molecule has 2 aromatic carbocycles. The number of nitrogens with zero attached hydrogens (tertiary/aromatic N) is 4. The van der Waals surface area contributed by atoms with Crippen molar-refractivity contribution in [1.29, 1.82) is 0 Å². The van der Waals surface area contributed by atoms with E-state index < -0.39 is 5.82 Å². The van der Waals surface area contributed by atoms with Crippen molar-refractivity contribution in [2.24, 2.45) is 0 Å². The standard InChI is InChI=1S/C15H11BrFN5O2S/c16-9-1-6-13(12(17)7-9)18-14(24)8-25-15-19-20-21-22(15)10-2-4-11(23)5-3-10/h1-7,23H,8H2,(H,18,24). The summed E-state index contributed by atoms with van der Waals surface area (Å²) in [4.78, 5) is 12.0. The minimum absolute atomic E-state index is 0.00790. The van der Waals surface area contributed by atoms with Gasteiger partial charge in [0.1, 0.15) is 11.6 Å². The maximum Gasteiger partial charge on any atom is 0.234 e. The molecule has 2 N–H and O–H groups in total. The fourth-order valence-electron chi connectivity index (χ4n) is 1.93. The summed E-state index contributed by atoms with van der Waals surface area (Å²) in [6.45, 7) is 0. The van der Waals surface area contributed by atoms with Crippen LogP contribution in [0.4, 0.5) is 10.1 Å². The monoisotopic (exact) mass is 423 g/mol. The van der Waals surface area contributed by atoms with E-state index in [0.717, 1.165) is 11.8 Å². The highest BCUT2D eigenvalue weighted by Gasteiger charge is 2.13. The summed E-state index contributed by atoms with van der Waals surface area (Å²) in [5, 5.41) is 23.5. The summed E-state index contributed by atoms with van der Waals surface area (Å²) in [5.41, 5.74) is 0.747. The molecular weight excluding hydrogens is 413 g/mol. The topological polar surface area (TPSA) is 92.9 Å². The number of tetrazole rings is 1. The Hall–Kier alpha value is -2.46. The minimum atomic E-state index is -0.526. The molecule has 0 unspecified atom stereocenters. The number of carbonyl (C=O) groups is 1. The van der Waals surface area contributed by atoms with Crippen LogP contribution in [0.3, 0.4) is 0 Å². The van der Waals surface area contributed by atoms with Gasteiger partial charge in [0.2, 0.25) is 11.1 Å². The molecule has 0 spiro atoms. The number of benzene rings is 2. The first-order valence-corrected chi connectivity index (χ1v) is 8.76. The summed E-state index contributed by atoms with van der Waals surface area (Å²) < 4.78 is 15.8. The van der Waals surface area contributed by atoms with Gasteiger partial charge in [0, 0.05) is 4.47 Å². The molecule has 25 heavy (non-hydrogen) atoms. The first-order valence-electron chi connectivity index (χ1n) is 6.98. The Kier molecular flexibility index (Phi) is 5.29. The van der Waals surface area contributed by atoms with Crippen molar-refractivity contribution in [1.82, 2.24) is 20.2 Å². The van der Waals surface area contributed by atoms with Crippen LogP contribution in [0, 0.1) is 5.82 Å². The van der Waals surface area contributed by atoms with Gasteiger partial charge in [-0.2, -0.15) is 4.68 Å². The minimum Gasteiger partial charge on any atom is -0.508 e. The predicted molar refractivity (Wildman–Crippen MR) is 94.3 cm³/mol. The normalized spacial score (nSPS) is 10.6. The lowest BCUT2D eigenvalue weighted by atomic mass is 10.3. The SMILES string of the molecule is O=C(CSc1nnnn1-c1ccc(O)cc1)Nc1ccc(Br)cc1F. The Bertz CT molecular complexity index is 903. The molecule has 0 radical (unpaired) electrons. The molecule has 10 heteroatoms. The second-order valence-electron chi connectivity index (χ2n) is 4.85. The Labute approximate surface area is 154 Å². The Balaban J connectivity index is 1.65. The van der Waals surface area contributed by atoms with Crippen molar-refractivity contribution < 1.29 is 14.3 Å². The number of rotatable bonds is 5. The van der Waals surface area contributed by atoms with Crippen molar-refractivity contribution in [2.45, 2.75) is 5.16 Å². The molecule has 0 atom stereocenters.